The predicted octanol–water partition coefficient (Wildman–Crippen LogP) is 2.44. The van der Waals surface area contributed by atoms with Crippen LogP contribution in [0.25, 0.3) is 0 Å². The third kappa shape index (κ3) is 4.79. The van der Waals surface area contributed by atoms with Gasteiger partial charge in [0.15, 0.2) is 0 Å². The molecule has 0 bridgehead atoms. The van der Waals surface area contributed by atoms with Gasteiger partial charge in [0.25, 0.3) is 0 Å². The Morgan fingerprint density at radius 2 is 2.44 bits per heavy atom. The molecule has 1 heterocycles. The number of cyclic esters (lactones) is 1. The summed E-state index contributed by atoms with van der Waals surface area (Å²) >= 11 is 0. The van der Waals surface area contributed by atoms with Gasteiger partial charge in [-0.2, -0.15) is 0 Å². The van der Waals surface area contributed by atoms with Crippen LogP contribution in [0.1, 0.15) is 45.4 Å². The lowest BCUT2D eigenvalue weighted by molar-refractivity contribution is -0.156. The molecule has 1 aliphatic heterocycles. The van der Waals surface area contributed by atoms with E-state index in [1.54, 1.807) is 6.08 Å². The smallest absolute Gasteiger partial charge is 0.306 e. The molecular weight excluding hydrogens is 204 g/mol. The lowest BCUT2D eigenvalue weighted by Crippen LogP contribution is -2.28. The maximum Gasteiger partial charge on any atom is 0.306 e. The van der Waals surface area contributed by atoms with E-state index < -0.39 is 0 Å². The Morgan fingerprint density at radius 1 is 1.69 bits per heavy atom. The minimum absolute atomic E-state index is 0.0622. The molecule has 1 N–H and O–H groups in total. The van der Waals surface area contributed by atoms with Crippen molar-refractivity contribution in [2.75, 3.05) is 0 Å². The lowest BCUT2D eigenvalue weighted by atomic mass is 9.94. The Labute approximate surface area is 97.5 Å². The van der Waals surface area contributed by atoms with Gasteiger partial charge < -0.3 is 9.84 Å². The van der Waals surface area contributed by atoms with Crippen molar-refractivity contribution in [3.8, 4) is 0 Å². The molecule has 3 atom stereocenters. The lowest BCUT2D eigenvalue weighted by Gasteiger charge is -2.26. The minimum atomic E-state index is -0.297. The van der Waals surface area contributed by atoms with Gasteiger partial charge in [-0.15, -0.1) is 6.58 Å². The third-order valence-corrected chi connectivity index (χ3v) is 2.98. The summed E-state index contributed by atoms with van der Waals surface area (Å²) < 4.78 is 5.26. The first-order chi connectivity index (χ1) is 7.61. The highest BCUT2D eigenvalue weighted by Gasteiger charge is 2.25. The number of esters is 1. The number of hydrogen-bond acceptors (Lipinski definition) is 3. The second kappa shape index (κ2) is 6.69. The van der Waals surface area contributed by atoms with Gasteiger partial charge in [-0.1, -0.05) is 13.0 Å². The van der Waals surface area contributed by atoms with Crippen LogP contribution in [-0.4, -0.2) is 23.3 Å². The molecule has 0 aliphatic carbocycles. The summed E-state index contributed by atoms with van der Waals surface area (Å²) in [7, 11) is 0. The molecule has 92 valence electrons. The summed E-state index contributed by atoms with van der Waals surface area (Å²) in [5.74, 6) is 0.361. The van der Waals surface area contributed by atoms with Crippen molar-refractivity contribution in [1.29, 1.82) is 0 Å². The number of ether oxygens (including phenoxy) is 1. The summed E-state index contributed by atoms with van der Waals surface area (Å²) in [5, 5.41) is 9.50. The molecule has 0 radical (unpaired) electrons. The van der Waals surface area contributed by atoms with Gasteiger partial charge in [0.05, 0.1) is 6.10 Å². The first-order valence-corrected chi connectivity index (χ1v) is 6.10. The van der Waals surface area contributed by atoms with Crippen molar-refractivity contribution in [2.24, 2.45) is 5.92 Å². The van der Waals surface area contributed by atoms with Crippen molar-refractivity contribution < 1.29 is 14.6 Å². The fourth-order valence-corrected chi connectivity index (χ4v) is 2.17. The quantitative estimate of drug-likeness (QED) is 0.559. The predicted molar refractivity (Wildman–Crippen MR) is 62.9 cm³/mol. The van der Waals surface area contributed by atoms with Crippen LogP contribution in [0.2, 0.25) is 0 Å². The monoisotopic (exact) mass is 226 g/mol. The summed E-state index contributed by atoms with van der Waals surface area (Å²) in [6.07, 6.45) is 6.17. The Kier molecular flexibility index (Phi) is 5.53. The van der Waals surface area contributed by atoms with Gasteiger partial charge in [-0.05, 0) is 38.0 Å². The van der Waals surface area contributed by atoms with E-state index >= 15 is 0 Å². The summed E-state index contributed by atoms with van der Waals surface area (Å²) in [4.78, 5) is 11.2. The number of aliphatic hydroxyl groups excluding tert-OH is 1. The van der Waals surface area contributed by atoms with E-state index in [-0.39, 0.29) is 18.2 Å². The van der Waals surface area contributed by atoms with Crippen LogP contribution in [0.5, 0.6) is 0 Å². The van der Waals surface area contributed by atoms with Crippen molar-refractivity contribution in [3.05, 3.63) is 12.7 Å². The van der Waals surface area contributed by atoms with E-state index in [2.05, 4.69) is 13.5 Å². The van der Waals surface area contributed by atoms with Gasteiger partial charge >= 0.3 is 5.97 Å². The van der Waals surface area contributed by atoms with Gasteiger partial charge in [0.1, 0.15) is 6.10 Å². The maximum absolute atomic E-state index is 11.2. The average molecular weight is 226 g/mol. The Morgan fingerprint density at radius 3 is 3.06 bits per heavy atom. The third-order valence-electron chi connectivity index (χ3n) is 2.98. The Hall–Kier alpha value is -0.830. The van der Waals surface area contributed by atoms with Gasteiger partial charge in [-0.3, -0.25) is 4.79 Å². The summed E-state index contributed by atoms with van der Waals surface area (Å²) in [5.41, 5.74) is 0. The Balaban J connectivity index is 2.17. The summed E-state index contributed by atoms with van der Waals surface area (Å²) in [6.45, 7) is 5.67. The molecule has 3 heteroatoms. The van der Waals surface area contributed by atoms with E-state index in [0.29, 0.717) is 18.8 Å². The zero-order valence-corrected chi connectivity index (χ0v) is 10.0. The van der Waals surface area contributed by atoms with Gasteiger partial charge in [0, 0.05) is 6.42 Å². The van der Waals surface area contributed by atoms with Crippen LogP contribution >= 0.6 is 0 Å². The summed E-state index contributed by atoms with van der Waals surface area (Å²) in [6, 6.07) is 0. The highest BCUT2D eigenvalue weighted by atomic mass is 16.5. The number of carbonyl (C=O) groups is 1. The number of hydrogen-bond donors (Lipinski definition) is 1. The van der Waals surface area contributed by atoms with Crippen LogP contribution in [0.15, 0.2) is 12.7 Å². The molecule has 0 aromatic carbocycles. The van der Waals surface area contributed by atoms with Crippen molar-refractivity contribution >= 4 is 5.97 Å². The van der Waals surface area contributed by atoms with E-state index in [4.69, 9.17) is 4.74 Å². The second-order valence-electron chi connectivity index (χ2n) is 4.77. The highest BCUT2D eigenvalue weighted by molar-refractivity contribution is 5.70. The zero-order valence-electron chi connectivity index (χ0n) is 10.0. The van der Waals surface area contributed by atoms with E-state index in [1.807, 2.05) is 0 Å². The average Bonchev–Trinajstić information content (AvgIpc) is 2.16. The van der Waals surface area contributed by atoms with Crippen LogP contribution in [0.3, 0.4) is 0 Å². The van der Waals surface area contributed by atoms with Crippen molar-refractivity contribution in [1.82, 2.24) is 0 Å². The van der Waals surface area contributed by atoms with Crippen LogP contribution in [0, 0.1) is 5.92 Å². The van der Waals surface area contributed by atoms with Crippen LogP contribution < -0.4 is 0 Å². The standard InChI is InChI=1S/C13H22O3/c1-3-5-11(14)6-4-7-12-8-10(2)9-13(15)16-12/h3,10-12,14H,1,4-9H2,2H3/t10-,11-,12-/m0/s1. The topological polar surface area (TPSA) is 46.5 Å². The molecule has 1 saturated heterocycles. The van der Waals surface area contributed by atoms with Crippen molar-refractivity contribution in [2.45, 2.75) is 57.7 Å². The molecule has 3 nitrogen and oxygen atoms in total. The zero-order chi connectivity index (χ0) is 12.0. The molecule has 16 heavy (non-hydrogen) atoms. The van der Waals surface area contributed by atoms with Gasteiger partial charge in [0.2, 0.25) is 0 Å². The molecule has 0 saturated carbocycles. The van der Waals surface area contributed by atoms with E-state index in [1.165, 1.54) is 0 Å². The molecule has 0 spiro atoms. The van der Waals surface area contributed by atoms with Crippen molar-refractivity contribution in [3.63, 3.8) is 0 Å². The van der Waals surface area contributed by atoms with E-state index in [0.717, 1.165) is 25.7 Å². The SMILES string of the molecule is C=CC[C@H](O)CCC[C@H]1C[C@H](C)CC(=O)O1. The van der Waals surface area contributed by atoms with Crippen LogP contribution in [-0.2, 0) is 9.53 Å². The van der Waals surface area contributed by atoms with Gasteiger partial charge in [-0.25, -0.2) is 0 Å². The molecule has 0 aromatic rings. The molecule has 0 aromatic heterocycles. The molecule has 0 amide bonds. The molecule has 1 fully saturated rings. The Bertz CT molecular complexity index is 237. The number of rotatable bonds is 6. The first kappa shape index (κ1) is 13.2. The maximum atomic E-state index is 11.2. The first-order valence-electron chi connectivity index (χ1n) is 6.10. The van der Waals surface area contributed by atoms with E-state index in [9.17, 15) is 9.90 Å². The molecular formula is C13H22O3. The minimum Gasteiger partial charge on any atom is -0.462 e. The molecule has 1 aliphatic rings. The number of aliphatic hydroxyl groups is 1. The highest BCUT2D eigenvalue weighted by Crippen LogP contribution is 2.24. The fraction of sp³-hybridized carbons (Fsp3) is 0.769. The normalized spacial score (nSPS) is 27.2. The van der Waals surface area contributed by atoms with Crippen LogP contribution in [0.4, 0.5) is 0 Å². The molecule has 1 rings (SSSR count). The fourth-order valence-electron chi connectivity index (χ4n) is 2.17. The molecule has 0 unspecified atom stereocenters. The number of carbonyl (C=O) groups excluding carboxylic acids is 1. The second-order valence-corrected chi connectivity index (χ2v) is 4.77. The largest absolute Gasteiger partial charge is 0.462 e.